The summed E-state index contributed by atoms with van der Waals surface area (Å²) in [5, 5.41) is 12.4. The van der Waals surface area contributed by atoms with Gasteiger partial charge in [-0.05, 0) is 82.5 Å². The van der Waals surface area contributed by atoms with Crippen molar-refractivity contribution < 1.29 is 33.7 Å². The Morgan fingerprint density at radius 3 is 2.29 bits per heavy atom. The smallest absolute Gasteiger partial charge is 0.302 e. The lowest BCUT2D eigenvalue weighted by Crippen LogP contribution is -2.64. The van der Waals surface area contributed by atoms with Gasteiger partial charge < -0.3 is 19.3 Å². The van der Waals surface area contributed by atoms with Crippen LogP contribution in [-0.4, -0.2) is 47.4 Å². The highest BCUT2D eigenvalue weighted by Gasteiger charge is 2.69. The van der Waals surface area contributed by atoms with E-state index in [4.69, 9.17) is 14.2 Å². The number of fused-ring (bicyclic) bond motifs is 5. The third-order valence-corrected chi connectivity index (χ3v) is 10.4. The van der Waals surface area contributed by atoms with Crippen molar-refractivity contribution >= 4 is 17.9 Å². The van der Waals surface area contributed by atoms with E-state index in [0.717, 1.165) is 51.4 Å². The van der Waals surface area contributed by atoms with E-state index in [9.17, 15) is 19.5 Å². The van der Waals surface area contributed by atoms with Crippen molar-refractivity contribution in [2.24, 2.45) is 34.5 Å². The molecule has 0 aromatic rings. The SMILES string of the molecule is CC(=O)OC[C@]12CC[C@H](OC(C)=O)C[C@@H]1CC[C@@H]1[C@@H]2CC[C@]2(C)[C@@H]([C@H](C)OC(C)=O)CC[C@]12O. The van der Waals surface area contributed by atoms with Crippen LogP contribution < -0.4 is 0 Å². The molecular weight excluding hydrogens is 436 g/mol. The van der Waals surface area contributed by atoms with Crippen LogP contribution in [0.3, 0.4) is 0 Å². The summed E-state index contributed by atoms with van der Waals surface area (Å²) in [6.45, 7) is 8.90. The van der Waals surface area contributed by atoms with E-state index in [2.05, 4.69) is 6.92 Å². The van der Waals surface area contributed by atoms with E-state index >= 15 is 0 Å². The molecule has 0 radical (unpaired) electrons. The van der Waals surface area contributed by atoms with Gasteiger partial charge in [0, 0.05) is 37.5 Å². The molecule has 4 rings (SSSR count). The first kappa shape index (κ1) is 25.5. The van der Waals surface area contributed by atoms with Crippen LogP contribution in [0.15, 0.2) is 0 Å². The molecule has 4 aliphatic carbocycles. The normalized spacial score (nSPS) is 44.1. The van der Waals surface area contributed by atoms with Gasteiger partial charge >= 0.3 is 17.9 Å². The Morgan fingerprint density at radius 1 is 0.912 bits per heavy atom. The molecule has 34 heavy (non-hydrogen) atoms. The molecule has 0 heterocycles. The molecule has 0 unspecified atom stereocenters. The van der Waals surface area contributed by atoms with Crippen LogP contribution in [0, 0.1) is 34.5 Å². The third kappa shape index (κ3) is 4.06. The van der Waals surface area contributed by atoms with Gasteiger partial charge in [0.2, 0.25) is 0 Å². The Kier molecular flexibility index (Phi) is 6.82. The number of hydrogen-bond donors (Lipinski definition) is 1. The van der Waals surface area contributed by atoms with E-state index in [-0.39, 0.29) is 58.7 Å². The summed E-state index contributed by atoms with van der Waals surface area (Å²) < 4.78 is 16.9. The number of aliphatic hydroxyl groups is 1. The van der Waals surface area contributed by atoms with Crippen molar-refractivity contribution in [1.29, 1.82) is 0 Å². The van der Waals surface area contributed by atoms with Crippen molar-refractivity contribution in [2.45, 2.75) is 110 Å². The fraction of sp³-hybridized carbons (Fsp3) is 0.889. The maximum Gasteiger partial charge on any atom is 0.302 e. The number of ether oxygens (including phenoxy) is 3. The summed E-state index contributed by atoms with van der Waals surface area (Å²) in [5.74, 6) is 0.0226. The second-order valence-electron chi connectivity index (χ2n) is 11.8. The van der Waals surface area contributed by atoms with Crippen LogP contribution in [-0.2, 0) is 28.6 Å². The first-order valence-corrected chi connectivity index (χ1v) is 13.1. The van der Waals surface area contributed by atoms with Gasteiger partial charge in [-0.25, -0.2) is 0 Å². The fourth-order valence-electron chi connectivity index (χ4n) is 8.98. The lowest BCUT2D eigenvalue weighted by Gasteiger charge is -2.64. The van der Waals surface area contributed by atoms with Gasteiger partial charge in [0.1, 0.15) is 12.2 Å². The molecule has 4 fully saturated rings. The maximum atomic E-state index is 12.4. The van der Waals surface area contributed by atoms with Crippen molar-refractivity contribution in [3.63, 3.8) is 0 Å². The monoisotopic (exact) mass is 478 g/mol. The maximum absolute atomic E-state index is 12.4. The van der Waals surface area contributed by atoms with Gasteiger partial charge in [0.25, 0.3) is 0 Å². The summed E-state index contributed by atoms with van der Waals surface area (Å²) in [5.41, 5.74) is -1.33. The van der Waals surface area contributed by atoms with E-state index < -0.39 is 5.60 Å². The molecule has 0 aliphatic heterocycles. The highest BCUT2D eigenvalue weighted by atomic mass is 16.5. The molecule has 0 spiro atoms. The molecule has 192 valence electrons. The predicted molar refractivity (Wildman–Crippen MR) is 124 cm³/mol. The minimum atomic E-state index is -0.823. The Labute approximate surface area is 203 Å². The molecule has 0 aromatic carbocycles. The van der Waals surface area contributed by atoms with Crippen LogP contribution >= 0.6 is 0 Å². The van der Waals surface area contributed by atoms with Crippen LogP contribution in [0.25, 0.3) is 0 Å². The highest BCUT2D eigenvalue weighted by Crippen LogP contribution is 2.69. The predicted octanol–water partition coefficient (Wildman–Crippen LogP) is 4.19. The zero-order chi connectivity index (χ0) is 24.9. The Morgan fingerprint density at radius 2 is 1.65 bits per heavy atom. The van der Waals surface area contributed by atoms with Gasteiger partial charge in [-0.2, -0.15) is 0 Å². The molecule has 0 amide bonds. The molecule has 7 heteroatoms. The molecule has 0 saturated heterocycles. The van der Waals surface area contributed by atoms with Gasteiger partial charge in [-0.15, -0.1) is 0 Å². The minimum absolute atomic E-state index is 0.0816. The molecular formula is C27H42O7. The second-order valence-corrected chi connectivity index (χ2v) is 11.8. The topological polar surface area (TPSA) is 99.1 Å². The average Bonchev–Trinajstić information content (AvgIpc) is 3.02. The van der Waals surface area contributed by atoms with Gasteiger partial charge in [0.15, 0.2) is 0 Å². The Bertz CT molecular complexity index is 826. The Hall–Kier alpha value is -1.63. The number of carbonyl (C=O) groups is 3. The van der Waals surface area contributed by atoms with Crippen LogP contribution in [0.4, 0.5) is 0 Å². The lowest BCUT2D eigenvalue weighted by molar-refractivity contribution is -0.230. The van der Waals surface area contributed by atoms with Crippen LogP contribution in [0.5, 0.6) is 0 Å². The summed E-state index contributed by atoms with van der Waals surface area (Å²) in [6, 6.07) is 0. The van der Waals surface area contributed by atoms with Gasteiger partial charge in [-0.1, -0.05) is 6.92 Å². The van der Waals surface area contributed by atoms with E-state index in [1.165, 1.54) is 20.8 Å². The first-order chi connectivity index (χ1) is 15.9. The summed E-state index contributed by atoms with van der Waals surface area (Å²) in [4.78, 5) is 35.1. The largest absolute Gasteiger partial charge is 0.465 e. The summed E-state index contributed by atoms with van der Waals surface area (Å²) in [6.07, 6.45) is 7.34. The standard InChI is InChI=1S/C27H42O7/c1-16(33-18(3)29)22-10-13-27(31)24-7-6-20-14-21(34-19(4)30)8-12-26(20,15-32-17(2)28)23(24)9-11-25(22,27)5/h16,20-24,31H,6-15H2,1-5H3/t16-,20-,21-,22+,23-,24+,25+,26+,27-/m0/s1. The average molecular weight is 479 g/mol. The number of rotatable bonds is 5. The van der Waals surface area contributed by atoms with Crippen LogP contribution in [0.2, 0.25) is 0 Å². The third-order valence-electron chi connectivity index (χ3n) is 10.4. The van der Waals surface area contributed by atoms with Gasteiger partial charge in [0.05, 0.1) is 12.2 Å². The van der Waals surface area contributed by atoms with E-state index in [1.54, 1.807) is 0 Å². The molecule has 7 nitrogen and oxygen atoms in total. The zero-order valence-electron chi connectivity index (χ0n) is 21.4. The van der Waals surface area contributed by atoms with Crippen molar-refractivity contribution in [3.8, 4) is 0 Å². The highest BCUT2D eigenvalue weighted by molar-refractivity contribution is 5.66. The van der Waals surface area contributed by atoms with Crippen molar-refractivity contribution in [2.75, 3.05) is 6.61 Å². The zero-order valence-corrected chi connectivity index (χ0v) is 21.4. The van der Waals surface area contributed by atoms with Gasteiger partial charge in [-0.3, -0.25) is 14.4 Å². The summed E-state index contributed by atoms with van der Waals surface area (Å²) >= 11 is 0. The van der Waals surface area contributed by atoms with Crippen molar-refractivity contribution in [1.82, 2.24) is 0 Å². The lowest BCUT2D eigenvalue weighted by atomic mass is 9.43. The van der Waals surface area contributed by atoms with Crippen LogP contribution in [0.1, 0.15) is 92.4 Å². The van der Waals surface area contributed by atoms with Crippen molar-refractivity contribution in [3.05, 3.63) is 0 Å². The molecule has 0 aromatic heterocycles. The number of esters is 3. The Balaban J connectivity index is 1.62. The molecule has 1 N–H and O–H groups in total. The van der Waals surface area contributed by atoms with E-state index in [1.807, 2.05) is 6.92 Å². The number of carbonyl (C=O) groups excluding carboxylic acids is 3. The number of hydrogen-bond acceptors (Lipinski definition) is 7. The first-order valence-electron chi connectivity index (χ1n) is 13.1. The quantitative estimate of drug-likeness (QED) is 0.467. The molecule has 4 aliphatic rings. The molecule has 0 bridgehead atoms. The molecule has 9 atom stereocenters. The minimum Gasteiger partial charge on any atom is -0.465 e. The fourth-order valence-corrected chi connectivity index (χ4v) is 8.98. The molecule has 4 saturated carbocycles. The summed E-state index contributed by atoms with van der Waals surface area (Å²) in [7, 11) is 0. The second kappa shape index (κ2) is 9.11. The van der Waals surface area contributed by atoms with E-state index in [0.29, 0.717) is 18.9 Å².